The lowest BCUT2D eigenvalue weighted by atomic mass is 9.84. The third-order valence-corrected chi connectivity index (χ3v) is 5.45. The largest absolute Gasteiger partial charge is 0.496 e. The molecule has 0 spiro atoms. The number of ether oxygens (including phenoxy) is 3. The summed E-state index contributed by atoms with van der Waals surface area (Å²) >= 11 is 0. The number of halogens is 1. The molecule has 31 heavy (non-hydrogen) atoms. The van der Waals surface area contributed by atoms with Gasteiger partial charge in [-0.15, -0.1) is 24.0 Å². The van der Waals surface area contributed by atoms with E-state index in [-0.39, 0.29) is 35.3 Å². The standard InChI is InChI=1S/C22H36N4O4.HI/c1-23-21(25-16-22(9-6-7-10-22)20(27)26(2)3)24-11-8-12-30-19-14-17(28-4)13-18(15-19)29-5;/h13-15H,6-12,16H2,1-5H3,(H2,23,24,25);1H. The number of benzene rings is 1. The van der Waals surface area contributed by atoms with E-state index in [0.717, 1.165) is 32.1 Å². The van der Waals surface area contributed by atoms with Gasteiger partial charge in [0.2, 0.25) is 5.91 Å². The van der Waals surface area contributed by atoms with Crippen molar-refractivity contribution < 1.29 is 19.0 Å². The summed E-state index contributed by atoms with van der Waals surface area (Å²) in [6.07, 6.45) is 4.83. The number of carbonyl (C=O) groups is 1. The average Bonchev–Trinajstić information content (AvgIpc) is 3.24. The molecule has 2 N–H and O–H groups in total. The monoisotopic (exact) mass is 548 g/mol. The van der Waals surface area contributed by atoms with Gasteiger partial charge in [0.05, 0.1) is 26.2 Å². The molecule has 0 saturated heterocycles. The molecule has 8 nitrogen and oxygen atoms in total. The van der Waals surface area contributed by atoms with Crippen LogP contribution in [0.5, 0.6) is 17.2 Å². The predicted octanol–water partition coefficient (Wildman–Crippen LogP) is 2.90. The Morgan fingerprint density at radius 1 is 1.06 bits per heavy atom. The van der Waals surface area contributed by atoms with Gasteiger partial charge >= 0.3 is 0 Å². The van der Waals surface area contributed by atoms with Gasteiger partial charge in [-0.1, -0.05) is 12.8 Å². The zero-order valence-electron chi connectivity index (χ0n) is 19.3. The summed E-state index contributed by atoms with van der Waals surface area (Å²) in [5.74, 6) is 3.00. The third-order valence-electron chi connectivity index (χ3n) is 5.45. The van der Waals surface area contributed by atoms with Crippen LogP contribution in [0.1, 0.15) is 32.1 Å². The van der Waals surface area contributed by atoms with Gasteiger partial charge in [0, 0.05) is 52.4 Å². The molecule has 0 atom stereocenters. The molecular formula is C22H37IN4O4. The van der Waals surface area contributed by atoms with Crippen molar-refractivity contribution in [2.75, 3.05) is 55.1 Å². The lowest BCUT2D eigenvalue weighted by Gasteiger charge is -2.31. The molecular weight excluding hydrogens is 511 g/mol. The van der Waals surface area contributed by atoms with E-state index in [2.05, 4.69) is 15.6 Å². The second-order valence-corrected chi connectivity index (χ2v) is 7.79. The van der Waals surface area contributed by atoms with Crippen molar-refractivity contribution in [2.45, 2.75) is 32.1 Å². The molecule has 0 radical (unpaired) electrons. The van der Waals surface area contributed by atoms with E-state index in [1.807, 2.05) is 32.3 Å². The van der Waals surface area contributed by atoms with Gasteiger partial charge < -0.3 is 29.7 Å². The molecule has 1 saturated carbocycles. The first-order chi connectivity index (χ1) is 14.4. The Labute approximate surface area is 203 Å². The third kappa shape index (κ3) is 7.93. The minimum absolute atomic E-state index is 0. The van der Waals surface area contributed by atoms with Crippen molar-refractivity contribution in [2.24, 2.45) is 10.4 Å². The van der Waals surface area contributed by atoms with Crippen LogP contribution in [0, 0.1) is 5.41 Å². The molecule has 0 aliphatic heterocycles. The number of hydrogen-bond donors (Lipinski definition) is 2. The SMILES string of the molecule is CN=C(NCCCOc1cc(OC)cc(OC)c1)NCC1(C(=O)N(C)C)CCCC1.I. The number of nitrogens with zero attached hydrogens (tertiary/aromatic N) is 2. The van der Waals surface area contributed by atoms with Gasteiger partial charge in [0.25, 0.3) is 0 Å². The Morgan fingerprint density at radius 3 is 2.16 bits per heavy atom. The van der Waals surface area contributed by atoms with Crippen LogP contribution in [-0.4, -0.2) is 71.8 Å². The van der Waals surface area contributed by atoms with Crippen LogP contribution >= 0.6 is 24.0 Å². The zero-order chi connectivity index (χ0) is 22.0. The van der Waals surface area contributed by atoms with Gasteiger partial charge in [-0.2, -0.15) is 0 Å². The van der Waals surface area contributed by atoms with Crippen molar-refractivity contribution >= 4 is 35.8 Å². The predicted molar refractivity (Wildman–Crippen MR) is 134 cm³/mol. The summed E-state index contributed by atoms with van der Waals surface area (Å²) < 4.78 is 16.3. The maximum atomic E-state index is 12.7. The fourth-order valence-corrected chi connectivity index (χ4v) is 3.80. The van der Waals surface area contributed by atoms with Crippen molar-refractivity contribution in [1.82, 2.24) is 15.5 Å². The number of rotatable bonds is 10. The normalized spacial score (nSPS) is 14.9. The fraction of sp³-hybridized carbons (Fsp3) is 0.636. The lowest BCUT2D eigenvalue weighted by molar-refractivity contribution is -0.138. The Balaban J connectivity index is 0.00000480. The van der Waals surface area contributed by atoms with Crippen LogP contribution in [0.15, 0.2) is 23.2 Å². The van der Waals surface area contributed by atoms with Crippen LogP contribution in [0.3, 0.4) is 0 Å². The van der Waals surface area contributed by atoms with Gasteiger partial charge in [0.1, 0.15) is 17.2 Å². The van der Waals surface area contributed by atoms with Crippen molar-refractivity contribution in [3.8, 4) is 17.2 Å². The molecule has 0 heterocycles. The zero-order valence-corrected chi connectivity index (χ0v) is 21.7. The first kappa shape index (κ1) is 27.1. The summed E-state index contributed by atoms with van der Waals surface area (Å²) in [6, 6.07) is 5.47. The van der Waals surface area contributed by atoms with E-state index in [4.69, 9.17) is 14.2 Å². The summed E-state index contributed by atoms with van der Waals surface area (Å²) in [7, 11) is 8.62. The molecule has 1 aromatic rings. The van der Waals surface area contributed by atoms with Gasteiger partial charge in [0.15, 0.2) is 5.96 Å². The minimum atomic E-state index is -0.324. The van der Waals surface area contributed by atoms with Crippen molar-refractivity contribution in [3.63, 3.8) is 0 Å². The summed E-state index contributed by atoms with van der Waals surface area (Å²) in [6.45, 7) is 1.85. The van der Waals surface area contributed by atoms with Crippen LogP contribution in [-0.2, 0) is 4.79 Å². The Bertz CT molecular complexity index is 699. The first-order valence-electron chi connectivity index (χ1n) is 10.5. The molecule has 9 heteroatoms. The van der Waals surface area contributed by atoms with Crippen LogP contribution in [0.25, 0.3) is 0 Å². The van der Waals surface area contributed by atoms with E-state index in [0.29, 0.717) is 42.9 Å². The fourth-order valence-electron chi connectivity index (χ4n) is 3.80. The highest BCUT2D eigenvalue weighted by molar-refractivity contribution is 14.0. The number of aliphatic imine (C=N–C) groups is 1. The maximum Gasteiger partial charge on any atom is 0.230 e. The highest BCUT2D eigenvalue weighted by atomic mass is 127. The van der Waals surface area contributed by atoms with E-state index >= 15 is 0 Å². The maximum absolute atomic E-state index is 12.7. The Morgan fingerprint density at radius 2 is 1.65 bits per heavy atom. The second kappa shape index (κ2) is 13.5. The van der Waals surface area contributed by atoms with Crippen molar-refractivity contribution in [1.29, 1.82) is 0 Å². The summed E-state index contributed by atoms with van der Waals surface area (Å²) in [4.78, 5) is 18.7. The molecule has 1 aliphatic carbocycles. The smallest absolute Gasteiger partial charge is 0.230 e. The molecule has 176 valence electrons. The molecule has 1 amide bonds. The highest BCUT2D eigenvalue weighted by Crippen LogP contribution is 2.38. The quantitative estimate of drug-likeness (QED) is 0.203. The molecule has 1 aliphatic rings. The molecule has 1 aromatic carbocycles. The van der Waals surface area contributed by atoms with Gasteiger partial charge in [-0.05, 0) is 19.3 Å². The molecule has 0 bridgehead atoms. The number of methoxy groups -OCH3 is 2. The lowest BCUT2D eigenvalue weighted by Crippen LogP contribution is -2.49. The topological polar surface area (TPSA) is 84.4 Å². The van der Waals surface area contributed by atoms with Crippen LogP contribution in [0.4, 0.5) is 0 Å². The van der Waals surface area contributed by atoms with Gasteiger partial charge in [-0.25, -0.2) is 0 Å². The number of nitrogens with one attached hydrogen (secondary N) is 2. The van der Waals surface area contributed by atoms with E-state index in [1.165, 1.54) is 0 Å². The number of carbonyl (C=O) groups excluding carboxylic acids is 1. The van der Waals surface area contributed by atoms with E-state index in [9.17, 15) is 4.79 Å². The Kier molecular flexibility index (Phi) is 11.8. The van der Waals surface area contributed by atoms with E-state index < -0.39 is 0 Å². The number of amides is 1. The molecule has 2 rings (SSSR count). The average molecular weight is 548 g/mol. The number of hydrogen-bond acceptors (Lipinski definition) is 5. The molecule has 0 aromatic heterocycles. The van der Waals surface area contributed by atoms with Crippen LogP contribution < -0.4 is 24.8 Å². The van der Waals surface area contributed by atoms with E-state index in [1.54, 1.807) is 26.2 Å². The Hall–Kier alpha value is -1.91. The molecule has 0 unspecified atom stereocenters. The van der Waals surface area contributed by atoms with Crippen molar-refractivity contribution in [3.05, 3.63) is 18.2 Å². The molecule has 1 fully saturated rings. The summed E-state index contributed by atoms with van der Waals surface area (Å²) in [5, 5.41) is 6.64. The van der Waals surface area contributed by atoms with Gasteiger partial charge in [-0.3, -0.25) is 9.79 Å². The van der Waals surface area contributed by atoms with Crippen LogP contribution in [0.2, 0.25) is 0 Å². The second-order valence-electron chi connectivity index (χ2n) is 7.79. The summed E-state index contributed by atoms with van der Waals surface area (Å²) in [5.41, 5.74) is -0.324. The first-order valence-corrected chi connectivity index (χ1v) is 10.5. The highest BCUT2D eigenvalue weighted by Gasteiger charge is 2.42. The minimum Gasteiger partial charge on any atom is -0.496 e. The number of guanidine groups is 1.